The molecule has 0 fully saturated rings. The maximum Gasteiger partial charge on any atom is 0.402 e. The van der Waals surface area contributed by atoms with Gasteiger partial charge in [-0.05, 0) is 50.2 Å². The van der Waals surface area contributed by atoms with Crippen molar-refractivity contribution in [3.8, 4) is 5.69 Å². The Kier molecular flexibility index (Phi) is 6.70. The van der Waals surface area contributed by atoms with Crippen molar-refractivity contribution in [3.05, 3.63) is 71.5 Å². The van der Waals surface area contributed by atoms with Crippen LogP contribution < -0.4 is 10.0 Å². The number of hydrogen-bond acceptors (Lipinski definition) is 4. The van der Waals surface area contributed by atoms with Gasteiger partial charge in [0.15, 0.2) is 0 Å². The third-order valence-electron chi connectivity index (χ3n) is 4.69. The molecule has 0 atom stereocenters. The number of benzene rings is 2. The van der Waals surface area contributed by atoms with Gasteiger partial charge in [-0.2, -0.15) is 18.3 Å². The van der Waals surface area contributed by atoms with E-state index in [2.05, 4.69) is 10.4 Å². The summed E-state index contributed by atoms with van der Waals surface area (Å²) < 4.78 is 63.9. The molecule has 2 N–H and O–H groups in total. The highest BCUT2D eigenvalue weighted by molar-refractivity contribution is 7.89. The first-order chi connectivity index (χ1) is 15.0. The molecule has 0 unspecified atom stereocenters. The van der Waals surface area contributed by atoms with Gasteiger partial charge >= 0.3 is 6.18 Å². The Balaban J connectivity index is 1.68. The first-order valence-corrected chi connectivity index (χ1v) is 11.0. The molecule has 11 heteroatoms. The molecule has 0 aliphatic heterocycles. The number of aromatic nitrogens is 2. The number of para-hydroxylation sites is 1. The number of sulfonamides is 1. The van der Waals surface area contributed by atoms with Crippen LogP contribution in [0.3, 0.4) is 0 Å². The van der Waals surface area contributed by atoms with Crippen LogP contribution in [0.2, 0.25) is 0 Å². The lowest BCUT2D eigenvalue weighted by molar-refractivity contribution is -0.121. The third-order valence-corrected chi connectivity index (χ3v) is 6.11. The lowest BCUT2D eigenvalue weighted by Crippen LogP contribution is -2.33. The molecule has 7 nitrogen and oxygen atoms in total. The summed E-state index contributed by atoms with van der Waals surface area (Å²) in [5, 5.41) is 7.15. The zero-order chi connectivity index (χ0) is 23.5. The van der Waals surface area contributed by atoms with Crippen LogP contribution in [-0.4, -0.2) is 36.8 Å². The maximum atomic E-state index is 12.5. The number of rotatable bonds is 7. The Bertz CT molecular complexity index is 1210. The average Bonchev–Trinajstić information content (AvgIpc) is 3.01. The second-order valence-electron chi connectivity index (χ2n) is 7.09. The van der Waals surface area contributed by atoms with E-state index in [-0.39, 0.29) is 17.2 Å². The first kappa shape index (κ1) is 23.5. The quantitative estimate of drug-likeness (QED) is 0.557. The van der Waals surface area contributed by atoms with Crippen LogP contribution in [0.25, 0.3) is 5.69 Å². The highest BCUT2D eigenvalue weighted by Gasteiger charge is 2.30. The number of hydrogen-bond donors (Lipinski definition) is 2. The summed E-state index contributed by atoms with van der Waals surface area (Å²) in [5.41, 5.74) is 3.48. The van der Waals surface area contributed by atoms with Gasteiger partial charge in [0.2, 0.25) is 15.9 Å². The Labute approximate surface area is 183 Å². The molecule has 1 aromatic heterocycles. The van der Waals surface area contributed by atoms with Crippen molar-refractivity contribution in [2.75, 3.05) is 11.9 Å². The Hall–Kier alpha value is -3.18. The third kappa shape index (κ3) is 5.74. The van der Waals surface area contributed by atoms with Crippen molar-refractivity contribution < 1.29 is 26.4 Å². The summed E-state index contributed by atoms with van der Waals surface area (Å²) >= 11 is 0. The highest BCUT2D eigenvalue weighted by Crippen LogP contribution is 2.20. The standard InChI is InChI=1S/C21H21F3N4O3S/c1-14-19(15(2)28(27-14)17-6-4-3-5-7-17)12-20(29)26-16-8-10-18(11-9-16)32(30,31)25-13-21(22,23)24/h3-11,25H,12-13H2,1-2H3,(H,26,29). The number of nitrogens with zero attached hydrogens (tertiary/aromatic N) is 2. The van der Waals surface area contributed by atoms with Crippen LogP contribution in [0.5, 0.6) is 0 Å². The molecular formula is C21H21F3N4O3S. The van der Waals surface area contributed by atoms with Crippen molar-refractivity contribution in [3.63, 3.8) is 0 Å². The van der Waals surface area contributed by atoms with E-state index >= 15 is 0 Å². The summed E-state index contributed by atoms with van der Waals surface area (Å²) in [6, 6.07) is 14.4. The van der Waals surface area contributed by atoms with E-state index in [0.29, 0.717) is 11.4 Å². The molecule has 0 saturated carbocycles. The van der Waals surface area contributed by atoms with Gasteiger partial charge < -0.3 is 5.32 Å². The number of amides is 1. The van der Waals surface area contributed by atoms with Gasteiger partial charge in [0.05, 0.1) is 22.7 Å². The lowest BCUT2D eigenvalue weighted by Gasteiger charge is -2.10. The number of alkyl halides is 3. The van der Waals surface area contributed by atoms with Gasteiger partial charge in [-0.15, -0.1) is 0 Å². The summed E-state index contributed by atoms with van der Waals surface area (Å²) in [6.07, 6.45) is -4.61. The fraction of sp³-hybridized carbons (Fsp3) is 0.238. The molecule has 2 aromatic carbocycles. The largest absolute Gasteiger partial charge is 0.402 e. The lowest BCUT2D eigenvalue weighted by atomic mass is 10.1. The molecule has 32 heavy (non-hydrogen) atoms. The minimum absolute atomic E-state index is 0.0533. The predicted octanol–water partition coefficient (Wildman–Crippen LogP) is 3.51. The summed E-state index contributed by atoms with van der Waals surface area (Å²) in [6.45, 7) is 2.01. The summed E-state index contributed by atoms with van der Waals surface area (Å²) in [4.78, 5) is 12.2. The van der Waals surface area contributed by atoms with Gasteiger partial charge in [0, 0.05) is 16.9 Å². The molecule has 0 aliphatic rings. The van der Waals surface area contributed by atoms with Crippen LogP contribution in [0.15, 0.2) is 59.5 Å². The molecule has 1 amide bonds. The van der Waals surface area contributed by atoms with E-state index in [1.54, 1.807) is 4.68 Å². The zero-order valence-corrected chi connectivity index (χ0v) is 18.1. The molecule has 0 saturated heterocycles. The molecule has 3 rings (SSSR count). The van der Waals surface area contributed by atoms with Crippen molar-refractivity contribution in [1.82, 2.24) is 14.5 Å². The molecule has 3 aromatic rings. The Morgan fingerprint density at radius 3 is 2.25 bits per heavy atom. The number of anilines is 1. The van der Waals surface area contributed by atoms with Crippen LogP contribution in [0.1, 0.15) is 17.0 Å². The Morgan fingerprint density at radius 2 is 1.66 bits per heavy atom. The van der Waals surface area contributed by atoms with Crippen LogP contribution >= 0.6 is 0 Å². The van der Waals surface area contributed by atoms with E-state index in [4.69, 9.17) is 0 Å². The molecule has 170 valence electrons. The molecule has 1 heterocycles. The van der Waals surface area contributed by atoms with E-state index < -0.39 is 22.7 Å². The maximum absolute atomic E-state index is 12.5. The minimum atomic E-state index is -4.66. The van der Waals surface area contributed by atoms with Crippen molar-refractivity contribution in [2.45, 2.75) is 31.3 Å². The van der Waals surface area contributed by atoms with Gasteiger partial charge in [-0.25, -0.2) is 17.8 Å². The van der Waals surface area contributed by atoms with Crippen molar-refractivity contribution in [2.24, 2.45) is 0 Å². The average molecular weight is 466 g/mol. The zero-order valence-electron chi connectivity index (χ0n) is 17.3. The van der Waals surface area contributed by atoms with Crippen LogP contribution in [0.4, 0.5) is 18.9 Å². The topological polar surface area (TPSA) is 93.1 Å². The molecular weight excluding hydrogens is 445 g/mol. The highest BCUT2D eigenvalue weighted by atomic mass is 32.2. The first-order valence-electron chi connectivity index (χ1n) is 9.53. The summed E-state index contributed by atoms with van der Waals surface area (Å²) in [5.74, 6) is -0.338. The minimum Gasteiger partial charge on any atom is -0.326 e. The number of carbonyl (C=O) groups excluding carboxylic acids is 1. The summed E-state index contributed by atoms with van der Waals surface area (Å²) in [7, 11) is -4.32. The molecule has 0 spiro atoms. The van der Waals surface area contributed by atoms with Gasteiger partial charge in [-0.3, -0.25) is 4.79 Å². The Morgan fingerprint density at radius 1 is 1.03 bits per heavy atom. The second-order valence-corrected chi connectivity index (χ2v) is 8.85. The van der Waals surface area contributed by atoms with Crippen molar-refractivity contribution in [1.29, 1.82) is 0 Å². The molecule has 0 bridgehead atoms. The second kappa shape index (κ2) is 9.13. The fourth-order valence-electron chi connectivity index (χ4n) is 3.09. The van der Waals surface area contributed by atoms with E-state index in [1.165, 1.54) is 16.9 Å². The number of nitrogens with one attached hydrogen (secondary N) is 2. The number of aryl methyl sites for hydroxylation is 1. The molecule has 0 aliphatic carbocycles. The van der Waals surface area contributed by atoms with Gasteiger partial charge in [-0.1, -0.05) is 18.2 Å². The number of halogens is 3. The smallest absolute Gasteiger partial charge is 0.326 e. The van der Waals surface area contributed by atoms with E-state index in [0.717, 1.165) is 29.1 Å². The van der Waals surface area contributed by atoms with E-state index in [9.17, 15) is 26.4 Å². The van der Waals surface area contributed by atoms with Crippen molar-refractivity contribution >= 4 is 21.6 Å². The van der Waals surface area contributed by atoms with Gasteiger partial charge in [0.1, 0.15) is 6.54 Å². The van der Waals surface area contributed by atoms with Crippen LogP contribution in [-0.2, 0) is 21.2 Å². The SMILES string of the molecule is Cc1nn(-c2ccccc2)c(C)c1CC(=O)Nc1ccc(S(=O)(=O)NCC(F)(F)F)cc1. The van der Waals surface area contributed by atoms with Crippen LogP contribution in [0, 0.1) is 13.8 Å². The normalized spacial score (nSPS) is 12.0. The monoisotopic (exact) mass is 466 g/mol. The number of carbonyl (C=O) groups is 1. The fourth-order valence-corrected chi connectivity index (χ4v) is 4.11. The van der Waals surface area contributed by atoms with E-state index in [1.807, 2.05) is 44.2 Å². The predicted molar refractivity (Wildman–Crippen MR) is 113 cm³/mol. The molecule has 0 radical (unpaired) electrons. The van der Waals surface area contributed by atoms with Gasteiger partial charge in [0.25, 0.3) is 0 Å².